The molecule has 1 saturated carbocycles. The molecule has 5 heteroatoms. The summed E-state index contributed by atoms with van der Waals surface area (Å²) < 4.78 is 5.35. The number of nitrogens with two attached hydrogens (primary N) is 1. The number of thiocarbonyl (C=S) groups is 1. The van der Waals surface area contributed by atoms with Crippen molar-refractivity contribution in [1.29, 1.82) is 0 Å². The van der Waals surface area contributed by atoms with Crippen molar-refractivity contribution >= 4 is 23.1 Å². The molecule has 0 aromatic heterocycles. The molecule has 0 aromatic rings. The van der Waals surface area contributed by atoms with E-state index in [4.69, 9.17) is 22.7 Å². The summed E-state index contributed by atoms with van der Waals surface area (Å²) in [5.41, 5.74) is 5.17. The number of carbonyl (C=O) groups is 1. The Morgan fingerprint density at radius 1 is 1.30 bits per heavy atom. The van der Waals surface area contributed by atoms with Gasteiger partial charge in [-0.15, -0.1) is 0 Å². The van der Waals surface area contributed by atoms with E-state index in [1.807, 2.05) is 0 Å². The fraction of sp³-hybridized carbons (Fsp3) is 0.867. The van der Waals surface area contributed by atoms with Crippen molar-refractivity contribution in [3.05, 3.63) is 0 Å². The molecule has 1 atom stereocenters. The number of amides is 1. The number of ether oxygens (including phenoxy) is 1. The Hall–Kier alpha value is -0.680. The van der Waals surface area contributed by atoms with Crippen LogP contribution in [0.25, 0.3) is 0 Å². The molecule has 1 unspecified atom stereocenters. The van der Waals surface area contributed by atoms with Gasteiger partial charge in [0.15, 0.2) is 0 Å². The van der Waals surface area contributed by atoms with Crippen LogP contribution < -0.4 is 11.1 Å². The van der Waals surface area contributed by atoms with Gasteiger partial charge < -0.3 is 15.8 Å². The van der Waals surface area contributed by atoms with Crippen LogP contribution in [-0.4, -0.2) is 30.2 Å². The number of nitrogens with one attached hydrogen (secondary N) is 1. The fourth-order valence-electron chi connectivity index (χ4n) is 3.40. The summed E-state index contributed by atoms with van der Waals surface area (Å²) in [4.78, 5) is 13.0. The standard InChI is InChI=1S/C15H26N2O2S/c1-11(12-5-3-2-4-6-12)17-14(18)15(13(16)20)7-9-19-10-8-15/h11-12H,2-10H2,1H3,(H2,16,20)(H,17,18). The smallest absolute Gasteiger partial charge is 0.233 e. The van der Waals surface area contributed by atoms with E-state index in [1.165, 1.54) is 32.1 Å². The van der Waals surface area contributed by atoms with Crippen LogP contribution in [0.1, 0.15) is 51.9 Å². The first-order chi connectivity index (χ1) is 9.56. The maximum Gasteiger partial charge on any atom is 0.233 e. The SMILES string of the molecule is CC(NC(=O)C1(C(N)=S)CCOCC1)C1CCCCC1. The first-order valence-corrected chi connectivity index (χ1v) is 8.16. The molecule has 1 heterocycles. The molecule has 3 N–H and O–H groups in total. The zero-order valence-corrected chi connectivity index (χ0v) is 13.1. The first-order valence-electron chi connectivity index (χ1n) is 7.75. The average Bonchev–Trinajstić information content (AvgIpc) is 2.48. The summed E-state index contributed by atoms with van der Waals surface area (Å²) in [7, 11) is 0. The van der Waals surface area contributed by atoms with Crippen LogP contribution in [0, 0.1) is 11.3 Å². The van der Waals surface area contributed by atoms with E-state index in [0.717, 1.165) is 0 Å². The molecule has 0 aromatic carbocycles. The molecule has 0 spiro atoms. The van der Waals surface area contributed by atoms with Crippen LogP contribution in [0.3, 0.4) is 0 Å². The van der Waals surface area contributed by atoms with E-state index in [-0.39, 0.29) is 11.9 Å². The van der Waals surface area contributed by atoms with E-state index >= 15 is 0 Å². The Bertz CT molecular complexity index is 361. The van der Waals surface area contributed by atoms with Crippen LogP contribution >= 0.6 is 12.2 Å². The van der Waals surface area contributed by atoms with Crippen LogP contribution in [0.5, 0.6) is 0 Å². The molecule has 2 fully saturated rings. The number of hydrogen-bond acceptors (Lipinski definition) is 3. The Kier molecular flexibility index (Phi) is 5.38. The van der Waals surface area contributed by atoms with E-state index in [0.29, 0.717) is 37.0 Å². The molecular weight excluding hydrogens is 272 g/mol. The van der Waals surface area contributed by atoms with Gasteiger partial charge in [-0.1, -0.05) is 31.5 Å². The minimum absolute atomic E-state index is 0.00590. The Balaban J connectivity index is 1.99. The van der Waals surface area contributed by atoms with Gasteiger partial charge in [0.1, 0.15) is 5.41 Å². The molecule has 1 saturated heterocycles. The normalized spacial score (nSPS) is 24.9. The molecule has 1 amide bonds. The maximum atomic E-state index is 12.7. The lowest BCUT2D eigenvalue weighted by Gasteiger charge is -2.37. The van der Waals surface area contributed by atoms with Gasteiger partial charge in [-0.2, -0.15) is 0 Å². The molecule has 114 valence electrons. The third-order valence-corrected chi connectivity index (χ3v) is 5.36. The summed E-state index contributed by atoms with van der Waals surface area (Å²) in [6.45, 7) is 3.23. The molecule has 2 rings (SSSR count). The fourth-order valence-corrected chi connectivity index (χ4v) is 3.70. The van der Waals surface area contributed by atoms with Gasteiger partial charge in [0, 0.05) is 19.3 Å². The molecular formula is C15H26N2O2S. The highest BCUT2D eigenvalue weighted by Crippen LogP contribution is 2.32. The van der Waals surface area contributed by atoms with Gasteiger partial charge in [0.05, 0.1) is 4.99 Å². The topological polar surface area (TPSA) is 64.4 Å². The van der Waals surface area contributed by atoms with Gasteiger partial charge in [-0.05, 0) is 38.5 Å². The zero-order chi connectivity index (χ0) is 14.6. The second-order valence-corrected chi connectivity index (χ2v) is 6.66. The first kappa shape index (κ1) is 15.7. The predicted octanol–water partition coefficient (Wildman–Crippen LogP) is 2.15. The van der Waals surface area contributed by atoms with Crippen molar-refractivity contribution < 1.29 is 9.53 Å². The Labute approximate surface area is 126 Å². The average molecular weight is 298 g/mol. The molecule has 1 aliphatic heterocycles. The second kappa shape index (κ2) is 6.85. The lowest BCUT2D eigenvalue weighted by atomic mass is 9.78. The Morgan fingerprint density at radius 2 is 1.90 bits per heavy atom. The minimum atomic E-state index is -0.698. The van der Waals surface area contributed by atoms with Gasteiger partial charge in [0.25, 0.3) is 0 Å². The van der Waals surface area contributed by atoms with Crippen molar-refractivity contribution in [2.45, 2.75) is 57.9 Å². The van der Waals surface area contributed by atoms with Crippen LogP contribution in [-0.2, 0) is 9.53 Å². The molecule has 0 bridgehead atoms. The molecule has 20 heavy (non-hydrogen) atoms. The van der Waals surface area contributed by atoms with E-state index < -0.39 is 5.41 Å². The summed E-state index contributed by atoms with van der Waals surface area (Å²) in [5.74, 6) is 0.599. The lowest BCUT2D eigenvalue weighted by Crippen LogP contribution is -2.54. The highest BCUT2D eigenvalue weighted by atomic mass is 32.1. The van der Waals surface area contributed by atoms with Crippen LogP contribution in [0.4, 0.5) is 0 Å². The number of rotatable bonds is 4. The van der Waals surface area contributed by atoms with Crippen molar-refractivity contribution in [2.75, 3.05) is 13.2 Å². The van der Waals surface area contributed by atoms with E-state index in [1.54, 1.807) is 0 Å². The highest BCUT2D eigenvalue weighted by Gasteiger charge is 2.43. The van der Waals surface area contributed by atoms with Gasteiger partial charge in [-0.25, -0.2) is 0 Å². The molecule has 1 aliphatic carbocycles. The molecule has 4 nitrogen and oxygen atoms in total. The lowest BCUT2D eigenvalue weighted by molar-refractivity contribution is -0.132. The largest absolute Gasteiger partial charge is 0.392 e. The van der Waals surface area contributed by atoms with Gasteiger partial charge in [0.2, 0.25) is 5.91 Å². The summed E-state index contributed by atoms with van der Waals surface area (Å²) >= 11 is 5.17. The van der Waals surface area contributed by atoms with E-state index in [2.05, 4.69) is 12.2 Å². The third-order valence-electron chi connectivity index (χ3n) is 4.97. The quantitative estimate of drug-likeness (QED) is 0.781. The summed E-state index contributed by atoms with van der Waals surface area (Å²) in [5, 5.41) is 3.18. The van der Waals surface area contributed by atoms with Crippen LogP contribution in [0.15, 0.2) is 0 Å². The van der Waals surface area contributed by atoms with Gasteiger partial charge >= 0.3 is 0 Å². The van der Waals surface area contributed by atoms with Gasteiger partial charge in [-0.3, -0.25) is 4.79 Å². The third kappa shape index (κ3) is 3.31. The highest BCUT2D eigenvalue weighted by molar-refractivity contribution is 7.80. The molecule has 0 radical (unpaired) electrons. The number of carbonyl (C=O) groups excluding carboxylic acids is 1. The summed E-state index contributed by atoms with van der Waals surface area (Å²) in [6, 6.07) is 0.205. The number of hydrogen-bond donors (Lipinski definition) is 2. The predicted molar refractivity (Wildman–Crippen MR) is 83.5 cm³/mol. The maximum absolute atomic E-state index is 12.7. The Morgan fingerprint density at radius 3 is 2.45 bits per heavy atom. The monoisotopic (exact) mass is 298 g/mol. The van der Waals surface area contributed by atoms with Crippen LogP contribution in [0.2, 0.25) is 0 Å². The van der Waals surface area contributed by atoms with Crippen molar-refractivity contribution in [3.8, 4) is 0 Å². The second-order valence-electron chi connectivity index (χ2n) is 6.22. The van der Waals surface area contributed by atoms with Crippen molar-refractivity contribution in [1.82, 2.24) is 5.32 Å². The van der Waals surface area contributed by atoms with E-state index in [9.17, 15) is 4.79 Å². The minimum Gasteiger partial charge on any atom is -0.392 e. The molecule has 2 aliphatic rings. The van der Waals surface area contributed by atoms with Crippen molar-refractivity contribution in [3.63, 3.8) is 0 Å². The van der Waals surface area contributed by atoms with Crippen molar-refractivity contribution in [2.24, 2.45) is 17.1 Å². The zero-order valence-electron chi connectivity index (χ0n) is 12.3. The summed E-state index contributed by atoms with van der Waals surface area (Å²) in [6.07, 6.45) is 7.51.